The van der Waals surface area contributed by atoms with Crippen LogP contribution in [0.15, 0.2) is 24.3 Å². The first-order chi connectivity index (χ1) is 6.98. The second-order valence-electron chi connectivity index (χ2n) is 4.54. The summed E-state index contributed by atoms with van der Waals surface area (Å²) in [5.41, 5.74) is 1.23. The first-order valence-corrected chi connectivity index (χ1v) is 4.90. The molecular weight excluding hydrogens is 190 g/mol. The zero-order valence-electron chi connectivity index (χ0n) is 9.11. The number of imidazole rings is 1. The second-order valence-corrected chi connectivity index (χ2v) is 4.54. The molecule has 0 aliphatic rings. The maximum absolute atomic E-state index is 11.9. The number of hydrogen-bond acceptors (Lipinski definition) is 2. The molecule has 1 aromatic carbocycles. The quantitative estimate of drug-likeness (QED) is 0.725. The molecule has 1 N–H and O–H groups in total. The lowest BCUT2D eigenvalue weighted by Gasteiger charge is -2.25. The molecule has 0 saturated heterocycles. The summed E-state index contributed by atoms with van der Waals surface area (Å²) in [6, 6.07) is 7.60. The number of benzene rings is 1. The van der Waals surface area contributed by atoms with E-state index < -0.39 is 5.54 Å². The molecule has 0 aliphatic carbocycles. The molecule has 0 unspecified atom stereocenters. The summed E-state index contributed by atoms with van der Waals surface area (Å²) in [5, 5.41) is 12.8. The van der Waals surface area contributed by atoms with Crippen LogP contribution in [-0.2, 0) is 5.21 Å². The molecule has 1 heterocycles. The first-order valence-electron chi connectivity index (χ1n) is 4.90. The van der Waals surface area contributed by atoms with E-state index in [9.17, 15) is 5.21 Å². The number of aromatic amines is 1. The Hall–Kier alpha value is -1.55. The van der Waals surface area contributed by atoms with Gasteiger partial charge in [0.1, 0.15) is 0 Å². The van der Waals surface area contributed by atoms with Crippen molar-refractivity contribution in [1.82, 2.24) is 9.97 Å². The van der Waals surface area contributed by atoms with Gasteiger partial charge in [-0.15, -0.1) is 0 Å². The molecule has 0 fully saturated rings. The smallest absolute Gasteiger partial charge is 0.231 e. The Morgan fingerprint density at radius 2 is 1.93 bits per heavy atom. The van der Waals surface area contributed by atoms with Crippen molar-refractivity contribution >= 4 is 17.0 Å². The average Bonchev–Trinajstić information content (AvgIpc) is 2.58. The molecular formula is C11H14N3O. The van der Waals surface area contributed by atoms with E-state index in [1.807, 2.05) is 45.0 Å². The van der Waals surface area contributed by atoms with Crippen molar-refractivity contribution in [2.75, 3.05) is 5.06 Å². The van der Waals surface area contributed by atoms with Crippen molar-refractivity contribution in [3.63, 3.8) is 0 Å². The van der Waals surface area contributed by atoms with E-state index >= 15 is 0 Å². The topological polar surface area (TPSA) is 51.8 Å². The Balaban J connectivity index is 2.45. The van der Waals surface area contributed by atoms with Gasteiger partial charge in [0.05, 0.1) is 16.6 Å². The van der Waals surface area contributed by atoms with Crippen LogP contribution < -0.4 is 5.06 Å². The Kier molecular flexibility index (Phi) is 2.16. The monoisotopic (exact) mass is 204 g/mol. The molecule has 4 nitrogen and oxygen atoms in total. The van der Waals surface area contributed by atoms with Crippen LogP contribution in [0.1, 0.15) is 20.8 Å². The van der Waals surface area contributed by atoms with E-state index in [2.05, 4.69) is 9.97 Å². The molecule has 0 aliphatic heterocycles. The highest BCUT2D eigenvalue weighted by atomic mass is 16.5. The molecule has 0 bridgehead atoms. The first kappa shape index (κ1) is 9.98. The van der Waals surface area contributed by atoms with Crippen LogP contribution in [0.25, 0.3) is 11.0 Å². The number of para-hydroxylation sites is 2. The number of nitrogens with one attached hydrogen (secondary N) is 1. The van der Waals surface area contributed by atoms with E-state index in [-0.39, 0.29) is 0 Å². The van der Waals surface area contributed by atoms with Crippen LogP contribution >= 0.6 is 0 Å². The summed E-state index contributed by atoms with van der Waals surface area (Å²) >= 11 is 0. The number of hydroxylamine groups is 1. The zero-order chi connectivity index (χ0) is 11.1. The summed E-state index contributed by atoms with van der Waals surface area (Å²) in [7, 11) is 0. The molecule has 4 heteroatoms. The number of nitrogens with zero attached hydrogens (tertiary/aromatic N) is 2. The van der Waals surface area contributed by atoms with Gasteiger partial charge in [0.15, 0.2) is 0 Å². The van der Waals surface area contributed by atoms with Gasteiger partial charge in [0.2, 0.25) is 5.95 Å². The predicted octanol–water partition coefficient (Wildman–Crippen LogP) is 2.51. The maximum Gasteiger partial charge on any atom is 0.231 e. The fourth-order valence-electron chi connectivity index (χ4n) is 1.35. The number of hydrogen-bond donors (Lipinski definition) is 1. The Labute approximate surface area is 88.5 Å². The van der Waals surface area contributed by atoms with Crippen molar-refractivity contribution in [3.8, 4) is 0 Å². The highest BCUT2D eigenvalue weighted by Crippen LogP contribution is 2.21. The Morgan fingerprint density at radius 3 is 2.53 bits per heavy atom. The standard InChI is InChI=1S/C11H14N3O/c1-11(2,3)14(15)10-12-8-6-4-5-7-9(8)13-10/h4-7H,1-3H3,(H,12,13). The van der Waals surface area contributed by atoms with Gasteiger partial charge in [-0.05, 0) is 32.9 Å². The third-order valence-corrected chi connectivity index (χ3v) is 2.18. The fraction of sp³-hybridized carbons (Fsp3) is 0.364. The lowest BCUT2D eigenvalue weighted by molar-refractivity contribution is 0.0977. The van der Waals surface area contributed by atoms with Gasteiger partial charge in [-0.25, -0.2) is 4.98 Å². The number of fused-ring (bicyclic) bond motifs is 1. The Morgan fingerprint density at radius 1 is 1.27 bits per heavy atom. The summed E-state index contributed by atoms with van der Waals surface area (Å²) in [6.45, 7) is 5.56. The van der Waals surface area contributed by atoms with Gasteiger partial charge >= 0.3 is 0 Å². The minimum absolute atomic E-state index is 0.365. The number of H-pyrrole nitrogens is 1. The third-order valence-electron chi connectivity index (χ3n) is 2.18. The second kappa shape index (κ2) is 3.24. The van der Waals surface area contributed by atoms with Crippen molar-refractivity contribution in [2.24, 2.45) is 0 Å². The molecule has 1 radical (unpaired) electrons. The van der Waals surface area contributed by atoms with Gasteiger partial charge < -0.3 is 4.98 Å². The van der Waals surface area contributed by atoms with Crippen LogP contribution in [0.3, 0.4) is 0 Å². The molecule has 0 atom stereocenters. The van der Waals surface area contributed by atoms with Crippen molar-refractivity contribution in [2.45, 2.75) is 26.3 Å². The molecule has 2 aromatic rings. The fourth-order valence-corrected chi connectivity index (χ4v) is 1.35. The van der Waals surface area contributed by atoms with Gasteiger partial charge in [-0.2, -0.15) is 5.06 Å². The summed E-state index contributed by atoms with van der Waals surface area (Å²) < 4.78 is 0. The van der Waals surface area contributed by atoms with Crippen LogP contribution in [-0.4, -0.2) is 15.5 Å². The summed E-state index contributed by atoms with van der Waals surface area (Å²) in [5.74, 6) is 0.365. The van der Waals surface area contributed by atoms with Crippen LogP contribution in [0.5, 0.6) is 0 Å². The van der Waals surface area contributed by atoms with Crippen molar-refractivity contribution < 1.29 is 5.21 Å². The molecule has 79 valence electrons. The van der Waals surface area contributed by atoms with Gasteiger partial charge in [0.25, 0.3) is 0 Å². The lowest BCUT2D eigenvalue weighted by atomic mass is 10.1. The van der Waals surface area contributed by atoms with Gasteiger partial charge in [0, 0.05) is 0 Å². The molecule has 0 amide bonds. The highest BCUT2D eigenvalue weighted by Gasteiger charge is 2.24. The molecule has 0 saturated carbocycles. The summed E-state index contributed by atoms with van der Waals surface area (Å²) in [6.07, 6.45) is 0. The third kappa shape index (κ3) is 1.80. The maximum atomic E-state index is 11.9. The van der Waals surface area contributed by atoms with Gasteiger partial charge in [-0.1, -0.05) is 17.3 Å². The average molecular weight is 204 g/mol. The minimum atomic E-state index is -0.478. The lowest BCUT2D eigenvalue weighted by Crippen LogP contribution is -2.38. The molecule has 2 rings (SSSR count). The van der Waals surface area contributed by atoms with Crippen LogP contribution in [0.2, 0.25) is 0 Å². The number of aromatic nitrogens is 2. The van der Waals surface area contributed by atoms with E-state index in [0.29, 0.717) is 5.95 Å². The van der Waals surface area contributed by atoms with Gasteiger partial charge in [-0.3, -0.25) is 0 Å². The normalized spacial score (nSPS) is 12.0. The molecule has 1 aromatic heterocycles. The SMILES string of the molecule is CC(C)(C)N([O])c1nc2ccccc2[nH]1. The van der Waals surface area contributed by atoms with E-state index in [1.54, 1.807) is 0 Å². The van der Waals surface area contributed by atoms with Crippen molar-refractivity contribution in [1.29, 1.82) is 0 Å². The van der Waals surface area contributed by atoms with E-state index in [0.717, 1.165) is 16.1 Å². The van der Waals surface area contributed by atoms with Crippen LogP contribution in [0.4, 0.5) is 5.95 Å². The number of rotatable bonds is 1. The van der Waals surface area contributed by atoms with Crippen LogP contribution in [0, 0.1) is 0 Å². The van der Waals surface area contributed by atoms with Crippen molar-refractivity contribution in [3.05, 3.63) is 24.3 Å². The zero-order valence-corrected chi connectivity index (χ0v) is 9.11. The molecule has 0 spiro atoms. The number of anilines is 1. The van der Waals surface area contributed by atoms with E-state index in [1.165, 1.54) is 0 Å². The largest absolute Gasteiger partial charge is 0.322 e. The van der Waals surface area contributed by atoms with E-state index in [4.69, 9.17) is 0 Å². The Bertz CT molecular complexity index is 437. The predicted molar refractivity (Wildman–Crippen MR) is 59.0 cm³/mol. The minimum Gasteiger partial charge on any atom is -0.322 e. The molecule has 15 heavy (non-hydrogen) atoms. The highest BCUT2D eigenvalue weighted by molar-refractivity contribution is 5.77. The summed E-state index contributed by atoms with van der Waals surface area (Å²) in [4.78, 5) is 7.24.